The fourth-order valence-corrected chi connectivity index (χ4v) is 3.21. The minimum absolute atomic E-state index is 0.151. The molecule has 0 bridgehead atoms. The third-order valence-electron chi connectivity index (χ3n) is 3.31. The molecular formula is C11H20N2O5S. The minimum atomic E-state index is -3.19. The summed E-state index contributed by atoms with van der Waals surface area (Å²) in [7, 11) is -3.19. The van der Waals surface area contributed by atoms with Gasteiger partial charge in [0.15, 0.2) is 6.10 Å². The van der Waals surface area contributed by atoms with Gasteiger partial charge < -0.3 is 14.8 Å². The Labute approximate surface area is 113 Å². The van der Waals surface area contributed by atoms with Gasteiger partial charge in [-0.15, -0.1) is 0 Å². The average Bonchev–Trinajstić information content (AvgIpc) is 2.39. The van der Waals surface area contributed by atoms with Crippen LogP contribution in [0.25, 0.3) is 0 Å². The zero-order valence-electron chi connectivity index (χ0n) is 11.0. The van der Waals surface area contributed by atoms with Gasteiger partial charge in [0.25, 0.3) is 5.91 Å². The maximum absolute atomic E-state index is 11.9. The third kappa shape index (κ3) is 4.13. The summed E-state index contributed by atoms with van der Waals surface area (Å²) in [5.41, 5.74) is 0. The van der Waals surface area contributed by atoms with E-state index in [-0.39, 0.29) is 18.6 Å². The van der Waals surface area contributed by atoms with Crippen LogP contribution in [0.2, 0.25) is 0 Å². The van der Waals surface area contributed by atoms with Crippen LogP contribution in [0.4, 0.5) is 0 Å². The first kappa shape index (κ1) is 14.7. The van der Waals surface area contributed by atoms with Gasteiger partial charge in [0.1, 0.15) is 0 Å². The van der Waals surface area contributed by atoms with Crippen molar-refractivity contribution in [3.8, 4) is 0 Å². The van der Waals surface area contributed by atoms with Crippen LogP contribution < -0.4 is 5.32 Å². The summed E-state index contributed by atoms with van der Waals surface area (Å²) in [5, 5.41) is 2.84. The molecule has 0 aromatic rings. The van der Waals surface area contributed by atoms with Gasteiger partial charge in [-0.25, -0.2) is 12.7 Å². The van der Waals surface area contributed by atoms with E-state index in [1.165, 1.54) is 10.6 Å². The summed E-state index contributed by atoms with van der Waals surface area (Å²) in [6.07, 6.45) is 2.14. The SMILES string of the molecule is CS(=O)(=O)N1CCCC(NC(=O)C2COCCO2)C1. The molecule has 110 valence electrons. The Morgan fingerprint density at radius 1 is 1.37 bits per heavy atom. The predicted octanol–water partition coefficient (Wildman–Crippen LogP) is -1.06. The van der Waals surface area contributed by atoms with Crippen molar-refractivity contribution in [3.05, 3.63) is 0 Å². The number of carbonyl (C=O) groups excluding carboxylic acids is 1. The van der Waals surface area contributed by atoms with Crippen molar-refractivity contribution in [1.29, 1.82) is 0 Å². The number of sulfonamides is 1. The zero-order chi connectivity index (χ0) is 13.9. The van der Waals surface area contributed by atoms with E-state index < -0.39 is 16.1 Å². The number of rotatable bonds is 3. The second-order valence-electron chi connectivity index (χ2n) is 4.90. The number of nitrogens with one attached hydrogen (secondary N) is 1. The van der Waals surface area contributed by atoms with Crippen molar-refractivity contribution in [2.24, 2.45) is 0 Å². The molecule has 2 atom stereocenters. The van der Waals surface area contributed by atoms with Crippen molar-refractivity contribution in [2.45, 2.75) is 25.0 Å². The van der Waals surface area contributed by atoms with Crippen LogP contribution in [0, 0.1) is 0 Å². The number of amides is 1. The van der Waals surface area contributed by atoms with E-state index in [0.29, 0.717) is 26.3 Å². The van der Waals surface area contributed by atoms with E-state index in [1.54, 1.807) is 0 Å². The molecule has 0 aromatic heterocycles. The quantitative estimate of drug-likeness (QED) is 0.717. The fraction of sp³-hybridized carbons (Fsp3) is 0.909. The standard InChI is InChI=1S/C11H20N2O5S/c1-19(15,16)13-4-2-3-9(7-13)12-11(14)10-8-17-5-6-18-10/h9-10H,2-8H2,1H3,(H,12,14). The number of nitrogens with zero attached hydrogens (tertiary/aromatic N) is 1. The zero-order valence-corrected chi connectivity index (χ0v) is 11.8. The summed E-state index contributed by atoms with van der Waals surface area (Å²) in [5.74, 6) is -0.222. The van der Waals surface area contributed by atoms with Gasteiger partial charge >= 0.3 is 0 Å². The summed E-state index contributed by atoms with van der Waals surface area (Å²) < 4.78 is 34.9. The largest absolute Gasteiger partial charge is 0.376 e. The summed E-state index contributed by atoms with van der Waals surface area (Å²) in [6, 6.07) is -0.151. The van der Waals surface area contributed by atoms with Crippen molar-refractivity contribution in [2.75, 3.05) is 39.2 Å². The molecule has 0 aliphatic carbocycles. The monoisotopic (exact) mass is 292 g/mol. The fourth-order valence-electron chi connectivity index (χ4n) is 2.29. The van der Waals surface area contributed by atoms with Crippen molar-refractivity contribution >= 4 is 15.9 Å². The molecule has 2 saturated heterocycles. The van der Waals surface area contributed by atoms with Crippen molar-refractivity contribution < 1.29 is 22.7 Å². The normalized spacial score (nSPS) is 29.9. The molecule has 0 aromatic carbocycles. The minimum Gasteiger partial charge on any atom is -0.376 e. The number of ether oxygens (including phenoxy) is 2. The van der Waals surface area contributed by atoms with Crippen LogP contribution in [0.1, 0.15) is 12.8 Å². The molecule has 0 radical (unpaired) electrons. The summed E-state index contributed by atoms with van der Waals surface area (Å²) >= 11 is 0. The molecule has 0 spiro atoms. The molecule has 0 saturated carbocycles. The molecule has 2 fully saturated rings. The Kier molecular flexibility index (Phi) is 4.77. The first-order chi connectivity index (χ1) is 8.97. The van der Waals surface area contributed by atoms with Gasteiger partial charge in [-0.2, -0.15) is 0 Å². The van der Waals surface area contributed by atoms with Crippen LogP contribution in [0.5, 0.6) is 0 Å². The van der Waals surface area contributed by atoms with Crippen LogP contribution >= 0.6 is 0 Å². The van der Waals surface area contributed by atoms with Gasteiger partial charge in [0.05, 0.1) is 26.1 Å². The number of piperidine rings is 1. The lowest BCUT2D eigenvalue weighted by molar-refractivity contribution is -0.148. The van der Waals surface area contributed by atoms with E-state index in [0.717, 1.165) is 12.8 Å². The van der Waals surface area contributed by atoms with Gasteiger partial charge in [-0.05, 0) is 12.8 Å². The highest BCUT2D eigenvalue weighted by atomic mass is 32.2. The molecule has 7 nitrogen and oxygen atoms in total. The Morgan fingerprint density at radius 3 is 2.79 bits per heavy atom. The van der Waals surface area contributed by atoms with E-state index in [1.807, 2.05) is 0 Å². The second-order valence-corrected chi connectivity index (χ2v) is 6.89. The molecule has 19 heavy (non-hydrogen) atoms. The Balaban J connectivity index is 1.86. The highest BCUT2D eigenvalue weighted by molar-refractivity contribution is 7.88. The average molecular weight is 292 g/mol. The Hall–Kier alpha value is -0.700. The van der Waals surface area contributed by atoms with Gasteiger partial charge in [-0.3, -0.25) is 4.79 Å². The maximum atomic E-state index is 11.9. The highest BCUT2D eigenvalue weighted by Crippen LogP contribution is 2.13. The molecule has 2 unspecified atom stereocenters. The lowest BCUT2D eigenvalue weighted by atomic mass is 10.1. The van der Waals surface area contributed by atoms with Crippen LogP contribution in [-0.4, -0.2) is 69.9 Å². The first-order valence-electron chi connectivity index (χ1n) is 6.41. The van der Waals surface area contributed by atoms with Gasteiger partial charge in [0.2, 0.25) is 10.0 Å². The molecule has 8 heteroatoms. The Morgan fingerprint density at radius 2 is 2.16 bits per heavy atom. The Bertz CT molecular complexity index is 419. The van der Waals surface area contributed by atoms with E-state index in [2.05, 4.69) is 5.32 Å². The molecule has 2 heterocycles. The van der Waals surface area contributed by atoms with Crippen LogP contribution in [0.3, 0.4) is 0 Å². The number of hydrogen-bond donors (Lipinski definition) is 1. The van der Waals surface area contributed by atoms with E-state index in [9.17, 15) is 13.2 Å². The van der Waals surface area contributed by atoms with Crippen LogP contribution in [-0.2, 0) is 24.3 Å². The first-order valence-corrected chi connectivity index (χ1v) is 8.26. The molecular weight excluding hydrogens is 272 g/mol. The number of hydrogen-bond acceptors (Lipinski definition) is 5. The van der Waals surface area contributed by atoms with E-state index >= 15 is 0 Å². The third-order valence-corrected chi connectivity index (χ3v) is 4.58. The summed E-state index contributed by atoms with van der Waals surface area (Å²) in [6.45, 7) is 2.04. The lowest BCUT2D eigenvalue weighted by Gasteiger charge is -2.32. The molecule has 2 aliphatic rings. The van der Waals surface area contributed by atoms with E-state index in [4.69, 9.17) is 9.47 Å². The molecule has 2 aliphatic heterocycles. The smallest absolute Gasteiger partial charge is 0.251 e. The topological polar surface area (TPSA) is 84.9 Å². The second kappa shape index (κ2) is 6.17. The van der Waals surface area contributed by atoms with Crippen LogP contribution in [0.15, 0.2) is 0 Å². The summed E-state index contributed by atoms with van der Waals surface area (Å²) in [4.78, 5) is 11.9. The van der Waals surface area contributed by atoms with Crippen molar-refractivity contribution in [3.63, 3.8) is 0 Å². The number of carbonyl (C=O) groups is 1. The highest BCUT2D eigenvalue weighted by Gasteiger charge is 2.29. The molecule has 1 N–H and O–H groups in total. The maximum Gasteiger partial charge on any atom is 0.251 e. The van der Waals surface area contributed by atoms with Crippen molar-refractivity contribution in [1.82, 2.24) is 9.62 Å². The van der Waals surface area contributed by atoms with Gasteiger partial charge in [0, 0.05) is 19.1 Å². The lowest BCUT2D eigenvalue weighted by Crippen LogP contribution is -2.53. The predicted molar refractivity (Wildman–Crippen MR) is 68.1 cm³/mol. The molecule has 1 amide bonds. The molecule has 2 rings (SSSR count). The van der Waals surface area contributed by atoms with Gasteiger partial charge in [-0.1, -0.05) is 0 Å².